The standard InChI is InChI=1S/C17H24N2O4/c1-11(2)23-14-6-5-12(9-13(14)15(18)20)19-16(21)17(10-22-3)7-4-8-17/h5-6,9,11H,4,7-8,10H2,1-3H3,(H2,18,20)(H,19,21). The number of benzene rings is 1. The van der Waals surface area contributed by atoms with Crippen molar-refractivity contribution < 1.29 is 19.1 Å². The van der Waals surface area contributed by atoms with Gasteiger partial charge in [0.05, 0.1) is 23.7 Å². The van der Waals surface area contributed by atoms with Gasteiger partial charge in [-0.15, -0.1) is 0 Å². The summed E-state index contributed by atoms with van der Waals surface area (Å²) in [4.78, 5) is 24.1. The maximum Gasteiger partial charge on any atom is 0.252 e. The van der Waals surface area contributed by atoms with Crippen molar-refractivity contribution in [2.24, 2.45) is 11.1 Å². The third-order valence-corrected chi connectivity index (χ3v) is 4.08. The minimum atomic E-state index is -0.591. The van der Waals surface area contributed by atoms with Crippen molar-refractivity contribution in [3.8, 4) is 5.75 Å². The van der Waals surface area contributed by atoms with E-state index in [0.717, 1.165) is 19.3 Å². The number of carbonyl (C=O) groups excluding carboxylic acids is 2. The van der Waals surface area contributed by atoms with Crippen LogP contribution >= 0.6 is 0 Å². The van der Waals surface area contributed by atoms with Crippen LogP contribution in [0.15, 0.2) is 18.2 Å². The normalized spacial score (nSPS) is 15.8. The summed E-state index contributed by atoms with van der Waals surface area (Å²) in [5, 5.41) is 2.86. The Kier molecular flexibility index (Phi) is 5.26. The Morgan fingerprint density at radius 3 is 2.52 bits per heavy atom. The van der Waals surface area contributed by atoms with Gasteiger partial charge in [-0.3, -0.25) is 9.59 Å². The summed E-state index contributed by atoms with van der Waals surface area (Å²) < 4.78 is 10.7. The Hall–Kier alpha value is -2.08. The number of anilines is 1. The molecule has 0 heterocycles. The number of carbonyl (C=O) groups is 2. The molecular weight excluding hydrogens is 296 g/mol. The van der Waals surface area contributed by atoms with E-state index in [-0.39, 0.29) is 17.6 Å². The lowest BCUT2D eigenvalue weighted by Crippen LogP contribution is -2.45. The minimum absolute atomic E-state index is 0.0755. The maximum absolute atomic E-state index is 12.5. The molecule has 3 N–H and O–H groups in total. The van der Waals surface area contributed by atoms with Crippen molar-refractivity contribution in [2.75, 3.05) is 19.0 Å². The number of ether oxygens (including phenoxy) is 2. The molecule has 0 bridgehead atoms. The lowest BCUT2D eigenvalue weighted by Gasteiger charge is -2.39. The van der Waals surface area contributed by atoms with Crippen LogP contribution < -0.4 is 15.8 Å². The quantitative estimate of drug-likeness (QED) is 0.806. The van der Waals surface area contributed by atoms with Gasteiger partial charge < -0.3 is 20.5 Å². The lowest BCUT2D eigenvalue weighted by atomic mass is 9.68. The first-order valence-electron chi connectivity index (χ1n) is 7.79. The summed E-state index contributed by atoms with van der Waals surface area (Å²) in [6, 6.07) is 4.91. The largest absolute Gasteiger partial charge is 0.490 e. The zero-order valence-corrected chi connectivity index (χ0v) is 13.8. The molecule has 1 aliphatic rings. The van der Waals surface area contributed by atoms with Gasteiger partial charge in [0, 0.05) is 12.8 Å². The fourth-order valence-corrected chi connectivity index (χ4v) is 2.74. The average Bonchev–Trinajstić information content (AvgIpc) is 2.43. The Balaban J connectivity index is 2.18. The number of hydrogen-bond donors (Lipinski definition) is 2. The van der Waals surface area contributed by atoms with E-state index in [1.165, 1.54) is 0 Å². The first-order valence-corrected chi connectivity index (χ1v) is 7.79. The third kappa shape index (κ3) is 3.82. The SMILES string of the molecule is COCC1(C(=O)Nc2ccc(OC(C)C)c(C(N)=O)c2)CCC1. The van der Waals surface area contributed by atoms with Crippen LogP contribution in [0.4, 0.5) is 5.69 Å². The third-order valence-electron chi connectivity index (χ3n) is 4.08. The van der Waals surface area contributed by atoms with Crippen molar-refractivity contribution in [1.29, 1.82) is 0 Å². The minimum Gasteiger partial charge on any atom is -0.490 e. The molecule has 1 fully saturated rings. The van der Waals surface area contributed by atoms with Crippen molar-refractivity contribution in [3.05, 3.63) is 23.8 Å². The van der Waals surface area contributed by atoms with E-state index < -0.39 is 11.3 Å². The fraction of sp³-hybridized carbons (Fsp3) is 0.529. The van der Waals surface area contributed by atoms with E-state index in [2.05, 4.69) is 5.32 Å². The molecule has 2 amide bonds. The molecule has 2 rings (SSSR count). The Bertz CT molecular complexity index is 594. The van der Waals surface area contributed by atoms with E-state index in [4.69, 9.17) is 15.2 Å². The Labute approximate surface area is 136 Å². The average molecular weight is 320 g/mol. The van der Waals surface area contributed by atoms with Gasteiger partial charge in [-0.05, 0) is 44.9 Å². The summed E-state index contributed by atoms with van der Waals surface area (Å²) in [6.45, 7) is 4.13. The highest BCUT2D eigenvalue weighted by Gasteiger charge is 2.44. The summed E-state index contributed by atoms with van der Waals surface area (Å²) in [7, 11) is 1.59. The van der Waals surface area contributed by atoms with Crippen LogP contribution in [-0.4, -0.2) is 31.6 Å². The number of methoxy groups -OCH3 is 1. The highest BCUT2D eigenvalue weighted by atomic mass is 16.5. The van der Waals surface area contributed by atoms with Gasteiger partial charge in [0.15, 0.2) is 0 Å². The number of nitrogens with two attached hydrogens (primary N) is 1. The molecule has 6 heteroatoms. The van der Waals surface area contributed by atoms with Crippen LogP contribution in [-0.2, 0) is 9.53 Å². The summed E-state index contributed by atoms with van der Waals surface area (Å²) >= 11 is 0. The number of nitrogens with one attached hydrogen (secondary N) is 1. The molecule has 0 spiro atoms. The van der Waals surface area contributed by atoms with Gasteiger partial charge in [0.25, 0.3) is 5.91 Å². The predicted molar refractivity (Wildman–Crippen MR) is 87.5 cm³/mol. The molecular formula is C17H24N2O4. The molecule has 0 unspecified atom stereocenters. The highest BCUT2D eigenvalue weighted by Crippen LogP contribution is 2.42. The van der Waals surface area contributed by atoms with Gasteiger partial charge in [-0.25, -0.2) is 0 Å². The number of amides is 2. The van der Waals surface area contributed by atoms with Gasteiger partial charge in [0.2, 0.25) is 5.91 Å². The van der Waals surface area contributed by atoms with E-state index >= 15 is 0 Å². The topological polar surface area (TPSA) is 90.7 Å². The van der Waals surface area contributed by atoms with E-state index in [0.29, 0.717) is 18.0 Å². The summed E-state index contributed by atoms with van der Waals surface area (Å²) in [6.07, 6.45) is 2.56. The highest BCUT2D eigenvalue weighted by molar-refractivity contribution is 6.00. The number of primary amides is 1. The van der Waals surface area contributed by atoms with Crippen molar-refractivity contribution in [2.45, 2.75) is 39.2 Å². The van der Waals surface area contributed by atoms with Crippen LogP contribution in [0.25, 0.3) is 0 Å². The van der Waals surface area contributed by atoms with Crippen molar-refractivity contribution >= 4 is 17.5 Å². The molecule has 0 aromatic heterocycles. The molecule has 6 nitrogen and oxygen atoms in total. The van der Waals surface area contributed by atoms with Gasteiger partial charge >= 0.3 is 0 Å². The van der Waals surface area contributed by atoms with Crippen LogP contribution in [0.1, 0.15) is 43.5 Å². The fourth-order valence-electron chi connectivity index (χ4n) is 2.74. The lowest BCUT2D eigenvalue weighted by molar-refractivity contribution is -0.134. The summed E-state index contributed by atoms with van der Waals surface area (Å²) in [5.41, 5.74) is 5.73. The van der Waals surface area contributed by atoms with Crippen LogP contribution in [0, 0.1) is 5.41 Å². The monoisotopic (exact) mass is 320 g/mol. The second kappa shape index (κ2) is 7.00. The molecule has 0 radical (unpaired) electrons. The molecule has 1 saturated carbocycles. The van der Waals surface area contributed by atoms with Gasteiger partial charge in [-0.1, -0.05) is 6.42 Å². The maximum atomic E-state index is 12.5. The first-order chi connectivity index (χ1) is 10.9. The zero-order valence-electron chi connectivity index (χ0n) is 13.8. The molecule has 0 atom stereocenters. The van der Waals surface area contributed by atoms with E-state index in [1.54, 1.807) is 25.3 Å². The molecule has 0 saturated heterocycles. The van der Waals surface area contributed by atoms with Crippen molar-refractivity contribution in [3.63, 3.8) is 0 Å². The first kappa shape index (κ1) is 17.3. The molecule has 1 aromatic rings. The van der Waals surface area contributed by atoms with Gasteiger partial charge in [0.1, 0.15) is 5.75 Å². The summed E-state index contributed by atoms with van der Waals surface area (Å²) in [5.74, 6) is -0.258. The van der Waals surface area contributed by atoms with E-state index in [9.17, 15) is 9.59 Å². The molecule has 126 valence electrons. The Morgan fingerprint density at radius 2 is 2.04 bits per heavy atom. The van der Waals surface area contributed by atoms with Gasteiger partial charge in [-0.2, -0.15) is 0 Å². The molecule has 1 aliphatic carbocycles. The number of hydrogen-bond acceptors (Lipinski definition) is 4. The van der Waals surface area contributed by atoms with Crippen molar-refractivity contribution in [1.82, 2.24) is 0 Å². The molecule has 23 heavy (non-hydrogen) atoms. The second-order valence-electron chi connectivity index (χ2n) is 6.26. The van der Waals surface area contributed by atoms with Crippen LogP contribution in [0.3, 0.4) is 0 Å². The second-order valence-corrected chi connectivity index (χ2v) is 6.26. The van der Waals surface area contributed by atoms with E-state index in [1.807, 2.05) is 13.8 Å². The van der Waals surface area contributed by atoms with Crippen LogP contribution in [0.5, 0.6) is 5.75 Å². The molecule has 0 aliphatic heterocycles. The Morgan fingerprint density at radius 1 is 1.35 bits per heavy atom. The number of rotatable bonds is 7. The zero-order chi connectivity index (χ0) is 17.0. The predicted octanol–water partition coefficient (Wildman–Crippen LogP) is 2.33. The molecule has 1 aromatic carbocycles. The van der Waals surface area contributed by atoms with Crippen LogP contribution in [0.2, 0.25) is 0 Å². The smallest absolute Gasteiger partial charge is 0.252 e.